The summed E-state index contributed by atoms with van der Waals surface area (Å²) in [6.45, 7) is 15.1. The lowest BCUT2D eigenvalue weighted by atomic mass is 9.90. The molecule has 0 saturated carbocycles. The minimum atomic E-state index is -0.217. The molecule has 1 unspecified atom stereocenters. The molecule has 0 aliphatic rings. The molecule has 0 aromatic carbocycles. The third kappa shape index (κ3) is 4.84. The molecule has 0 saturated heterocycles. The number of hydrogen-bond donors (Lipinski definition) is 1. The van der Waals surface area contributed by atoms with E-state index in [4.69, 9.17) is 0 Å². The summed E-state index contributed by atoms with van der Waals surface area (Å²) in [4.78, 5) is 2.34. The van der Waals surface area contributed by atoms with Crippen LogP contribution < -0.4 is 0 Å². The van der Waals surface area contributed by atoms with Gasteiger partial charge in [-0.2, -0.15) is 0 Å². The van der Waals surface area contributed by atoms with E-state index in [0.29, 0.717) is 0 Å². The van der Waals surface area contributed by atoms with Crippen LogP contribution >= 0.6 is 0 Å². The van der Waals surface area contributed by atoms with E-state index in [1.807, 2.05) is 0 Å². The third-order valence-corrected chi connectivity index (χ3v) is 3.65. The summed E-state index contributed by atoms with van der Waals surface area (Å²) in [6.07, 6.45) is 3.04. The van der Waals surface area contributed by atoms with Crippen molar-refractivity contribution in [3.05, 3.63) is 0 Å². The van der Waals surface area contributed by atoms with Gasteiger partial charge in [-0.25, -0.2) is 0 Å². The molecular weight excluding hydrogens is 198 g/mol. The van der Waals surface area contributed by atoms with Gasteiger partial charge >= 0.3 is 0 Å². The average Bonchev–Trinajstić information content (AvgIpc) is 2.18. The maximum Gasteiger partial charge on any atom is 0.0718 e. The summed E-state index contributed by atoms with van der Waals surface area (Å²) >= 11 is 0. The van der Waals surface area contributed by atoms with E-state index >= 15 is 0 Å². The fourth-order valence-electron chi connectivity index (χ4n) is 2.32. The third-order valence-electron chi connectivity index (χ3n) is 3.65. The van der Waals surface area contributed by atoms with Gasteiger partial charge in [-0.15, -0.1) is 0 Å². The molecule has 1 atom stereocenters. The van der Waals surface area contributed by atoms with Crippen molar-refractivity contribution in [1.82, 2.24) is 4.90 Å². The zero-order valence-corrected chi connectivity index (χ0v) is 12.1. The van der Waals surface area contributed by atoms with Gasteiger partial charge in [-0.1, -0.05) is 40.5 Å². The monoisotopic (exact) mass is 229 g/mol. The van der Waals surface area contributed by atoms with Gasteiger partial charge in [0.1, 0.15) is 0 Å². The van der Waals surface area contributed by atoms with Gasteiger partial charge in [-0.05, 0) is 39.3 Å². The summed E-state index contributed by atoms with van der Waals surface area (Å²) < 4.78 is 0. The molecule has 0 heterocycles. The number of likely N-dealkylation sites (N-methyl/N-ethyl adjacent to an activating group) is 1. The first-order valence-corrected chi connectivity index (χ1v) is 6.79. The van der Waals surface area contributed by atoms with Crippen molar-refractivity contribution in [2.24, 2.45) is 5.92 Å². The van der Waals surface area contributed by atoms with Crippen LogP contribution in [-0.4, -0.2) is 34.7 Å². The normalized spacial score (nSPS) is 14.8. The van der Waals surface area contributed by atoms with Crippen LogP contribution in [0.3, 0.4) is 0 Å². The number of aliphatic hydroxyl groups excluding tert-OH is 1. The van der Waals surface area contributed by atoms with Crippen LogP contribution in [0.2, 0.25) is 0 Å². The highest BCUT2D eigenvalue weighted by molar-refractivity contribution is 4.87. The van der Waals surface area contributed by atoms with Crippen molar-refractivity contribution < 1.29 is 5.11 Å². The number of rotatable bonds is 8. The van der Waals surface area contributed by atoms with Gasteiger partial charge in [0.15, 0.2) is 0 Å². The first-order chi connectivity index (χ1) is 7.36. The highest BCUT2D eigenvalue weighted by Crippen LogP contribution is 2.23. The second kappa shape index (κ2) is 7.29. The van der Waals surface area contributed by atoms with Crippen LogP contribution in [0.25, 0.3) is 0 Å². The van der Waals surface area contributed by atoms with Crippen LogP contribution in [0, 0.1) is 5.92 Å². The van der Waals surface area contributed by atoms with Crippen molar-refractivity contribution >= 4 is 0 Å². The van der Waals surface area contributed by atoms with E-state index in [1.165, 1.54) is 6.42 Å². The van der Waals surface area contributed by atoms with Crippen LogP contribution in [0.1, 0.15) is 60.8 Å². The van der Waals surface area contributed by atoms with Crippen molar-refractivity contribution in [1.29, 1.82) is 0 Å². The fraction of sp³-hybridized carbons (Fsp3) is 1.00. The molecule has 16 heavy (non-hydrogen) atoms. The van der Waals surface area contributed by atoms with Crippen LogP contribution in [0.15, 0.2) is 0 Å². The summed E-state index contributed by atoms with van der Waals surface area (Å²) in [5, 5.41) is 10.3. The molecule has 1 N–H and O–H groups in total. The Morgan fingerprint density at radius 1 is 1.06 bits per heavy atom. The Labute approximate surface area is 102 Å². The molecule has 2 nitrogen and oxygen atoms in total. The van der Waals surface area contributed by atoms with Crippen LogP contribution in [0.4, 0.5) is 0 Å². The van der Waals surface area contributed by atoms with Crippen molar-refractivity contribution in [2.75, 3.05) is 13.1 Å². The Balaban J connectivity index is 4.17. The largest absolute Gasteiger partial charge is 0.391 e. The van der Waals surface area contributed by atoms with E-state index in [-0.39, 0.29) is 11.6 Å². The minimum absolute atomic E-state index is 0.0967. The second-order valence-electron chi connectivity index (χ2n) is 5.67. The van der Waals surface area contributed by atoms with Gasteiger partial charge in [0.25, 0.3) is 0 Å². The molecule has 0 amide bonds. The van der Waals surface area contributed by atoms with Crippen LogP contribution in [0.5, 0.6) is 0 Å². The first kappa shape index (κ1) is 15.9. The Hall–Kier alpha value is -0.0800. The van der Waals surface area contributed by atoms with Gasteiger partial charge < -0.3 is 5.11 Å². The zero-order valence-electron chi connectivity index (χ0n) is 12.1. The Kier molecular flexibility index (Phi) is 7.25. The summed E-state index contributed by atoms with van der Waals surface area (Å²) in [6, 6.07) is 0. The first-order valence-electron chi connectivity index (χ1n) is 6.79. The predicted octanol–water partition coefficient (Wildman–Crippen LogP) is 3.29. The van der Waals surface area contributed by atoms with Crippen molar-refractivity contribution in [3.63, 3.8) is 0 Å². The van der Waals surface area contributed by atoms with E-state index < -0.39 is 0 Å². The number of aliphatic hydroxyl groups is 1. The topological polar surface area (TPSA) is 23.5 Å². The standard InChI is InChI=1S/C14H31NO/c1-7-15(8-2)14(5,6)13(16)11-9-10-12(3)4/h12-13,16H,7-11H2,1-6H3. The number of nitrogens with zero attached hydrogens (tertiary/aromatic N) is 1. The number of hydrogen-bond acceptors (Lipinski definition) is 2. The molecule has 0 fully saturated rings. The molecule has 0 aliphatic heterocycles. The molecule has 0 rings (SSSR count). The highest BCUT2D eigenvalue weighted by Gasteiger charge is 2.31. The van der Waals surface area contributed by atoms with E-state index in [1.54, 1.807) is 0 Å². The smallest absolute Gasteiger partial charge is 0.0718 e. The maximum atomic E-state index is 10.3. The Morgan fingerprint density at radius 2 is 1.56 bits per heavy atom. The molecule has 0 aromatic heterocycles. The zero-order chi connectivity index (χ0) is 12.8. The fourth-order valence-corrected chi connectivity index (χ4v) is 2.32. The molecule has 2 heteroatoms. The molecule has 0 aliphatic carbocycles. The molecule has 0 radical (unpaired) electrons. The van der Waals surface area contributed by atoms with Gasteiger partial charge in [0, 0.05) is 5.54 Å². The van der Waals surface area contributed by atoms with Gasteiger partial charge in [-0.3, -0.25) is 4.90 Å². The summed E-state index contributed by atoms with van der Waals surface area (Å²) in [7, 11) is 0. The predicted molar refractivity (Wildman–Crippen MR) is 71.7 cm³/mol. The van der Waals surface area contributed by atoms with E-state index in [9.17, 15) is 5.11 Å². The van der Waals surface area contributed by atoms with Crippen molar-refractivity contribution in [3.8, 4) is 0 Å². The van der Waals surface area contributed by atoms with E-state index in [0.717, 1.165) is 31.8 Å². The molecule has 0 spiro atoms. The lowest BCUT2D eigenvalue weighted by Crippen LogP contribution is -2.52. The van der Waals surface area contributed by atoms with Gasteiger partial charge in [0.2, 0.25) is 0 Å². The minimum Gasteiger partial charge on any atom is -0.391 e. The summed E-state index contributed by atoms with van der Waals surface area (Å²) in [5.74, 6) is 0.740. The summed E-state index contributed by atoms with van der Waals surface area (Å²) in [5.41, 5.74) is -0.0967. The Morgan fingerprint density at radius 3 is 1.94 bits per heavy atom. The van der Waals surface area contributed by atoms with Crippen molar-refractivity contribution in [2.45, 2.75) is 72.4 Å². The molecule has 0 aromatic rings. The second-order valence-corrected chi connectivity index (χ2v) is 5.67. The average molecular weight is 229 g/mol. The SMILES string of the molecule is CCN(CC)C(C)(C)C(O)CCCC(C)C. The van der Waals surface area contributed by atoms with Crippen LogP contribution in [-0.2, 0) is 0 Å². The lowest BCUT2D eigenvalue weighted by molar-refractivity contribution is -0.0107. The molecule has 98 valence electrons. The highest BCUT2D eigenvalue weighted by atomic mass is 16.3. The van der Waals surface area contributed by atoms with E-state index in [2.05, 4.69) is 46.4 Å². The lowest BCUT2D eigenvalue weighted by Gasteiger charge is -2.41. The Bertz CT molecular complexity index is 174. The quantitative estimate of drug-likeness (QED) is 0.690. The van der Waals surface area contributed by atoms with Gasteiger partial charge in [0.05, 0.1) is 6.10 Å². The molecule has 0 bridgehead atoms. The molecular formula is C14H31NO. The maximum absolute atomic E-state index is 10.3.